The number of hydrogen-bond donors (Lipinski definition) is 3. The molecule has 1 heterocycles. The van der Waals surface area contributed by atoms with Gasteiger partial charge in [-0.05, 0) is 24.5 Å². The maximum atomic E-state index is 11.5. The number of benzene rings is 1. The highest BCUT2D eigenvalue weighted by Crippen LogP contribution is 2.33. The Hall–Kier alpha value is -1.20. The van der Waals surface area contributed by atoms with Crippen molar-refractivity contribution in [1.29, 1.82) is 0 Å². The van der Waals surface area contributed by atoms with Crippen molar-refractivity contribution in [2.75, 3.05) is 13.2 Å². The lowest BCUT2D eigenvalue weighted by atomic mass is 9.98. The van der Waals surface area contributed by atoms with E-state index < -0.39 is 25.9 Å². The largest absolute Gasteiger partial charge is 0.478 e. The fourth-order valence-electron chi connectivity index (χ4n) is 3.00. The summed E-state index contributed by atoms with van der Waals surface area (Å²) in [5.74, 6) is -0.941. The van der Waals surface area contributed by atoms with Crippen LogP contribution in [0.1, 0.15) is 42.1 Å². The zero-order valence-corrected chi connectivity index (χ0v) is 15.1. The van der Waals surface area contributed by atoms with Gasteiger partial charge in [0.05, 0.1) is 20.6 Å². The minimum atomic E-state index is -1.35. The third-order valence-electron chi connectivity index (χ3n) is 4.50. The third kappa shape index (κ3) is 4.67. The van der Waals surface area contributed by atoms with Gasteiger partial charge in [0.2, 0.25) is 0 Å². The van der Waals surface area contributed by atoms with Gasteiger partial charge in [0.1, 0.15) is 11.4 Å². The first-order valence-corrected chi connectivity index (χ1v) is 9.40. The summed E-state index contributed by atoms with van der Waals surface area (Å²) in [4.78, 5) is 11.3. The van der Waals surface area contributed by atoms with E-state index in [1.54, 1.807) is 18.2 Å². The number of carboxylic acids is 1. The molecule has 1 fully saturated rings. The van der Waals surface area contributed by atoms with Crippen LogP contribution in [0.25, 0.3) is 0 Å². The van der Waals surface area contributed by atoms with E-state index in [-0.39, 0.29) is 6.04 Å². The molecule has 1 aliphatic heterocycles. The van der Waals surface area contributed by atoms with E-state index in [1.807, 2.05) is 13.0 Å². The molecule has 24 heavy (non-hydrogen) atoms. The normalized spacial score (nSPS) is 24.1. The Morgan fingerprint density at radius 2 is 2.21 bits per heavy atom. The van der Waals surface area contributed by atoms with E-state index in [2.05, 4.69) is 5.32 Å². The zero-order chi connectivity index (χ0) is 17.6. The van der Waals surface area contributed by atoms with Crippen LogP contribution in [0, 0.1) is 0 Å². The number of unbranched alkanes of at least 4 members (excludes halogenated alkanes) is 1. The molecular weight excluding hydrogens is 329 g/mol. The van der Waals surface area contributed by atoms with E-state index in [0.29, 0.717) is 31.6 Å². The molecule has 1 aromatic rings. The van der Waals surface area contributed by atoms with Gasteiger partial charge < -0.3 is 24.8 Å². The van der Waals surface area contributed by atoms with E-state index in [1.165, 1.54) is 0 Å². The second-order valence-electron chi connectivity index (χ2n) is 6.31. The van der Waals surface area contributed by atoms with Crippen LogP contribution in [0.4, 0.5) is 0 Å². The van der Waals surface area contributed by atoms with E-state index in [0.717, 1.165) is 18.4 Å². The molecule has 0 aliphatic carbocycles. The molecule has 0 aromatic heterocycles. The van der Waals surface area contributed by atoms with Gasteiger partial charge in [0, 0.05) is 12.6 Å². The van der Waals surface area contributed by atoms with Crippen LogP contribution in [-0.4, -0.2) is 46.8 Å². The molecule has 0 bridgehead atoms. The number of carbonyl (C=O) groups is 1. The van der Waals surface area contributed by atoms with Crippen molar-refractivity contribution in [3.05, 3.63) is 35.4 Å². The summed E-state index contributed by atoms with van der Waals surface area (Å²) < 4.78 is 17.3. The molecule has 0 spiro atoms. The molecule has 2 unspecified atom stereocenters. The Morgan fingerprint density at radius 3 is 2.79 bits per heavy atom. The standard InChI is InChI=1S/C17H26NO5P/c1-2-3-8-17(21,24-22)15-10-18-13(11-23-15)9-12-6-4-5-7-14(12)16(19)20/h4-7,13,15,18,21H,2-3,8-11,24H2,1H3,(H,19,20)/t13-,15+,17?/m1/s1. The predicted molar refractivity (Wildman–Crippen MR) is 93.5 cm³/mol. The van der Waals surface area contributed by atoms with Crippen molar-refractivity contribution < 1.29 is 24.3 Å². The molecule has 1 saturated heterocycles. The maximum absolute atomic E-state index is 11.5. The number of aromatic carboxylic acids is 1. The molecule has 1 aromatic carbocycles. The molecule has 0 saturated carbocycles. The first-order chi connectivity index (χ1) is 11.5. The second kappa shape index (κ2) is 8.77. The molecule has 7 heteroatoms. The number of carboxylic acid groups (broad SMARTS) is 1. The second-order valence-corrected chi connectivity index (χ2v) is 7.54. The van der Waals surface area contributed by atoms with Gasteiger partial charge in [-0.25, -0.2) is 4.79 Å². The van der Waals surface area contributed by atoms with Crippen LogP contribution < -0.4 is 5.32 Å². The summed E-state index contributed by atoms with van der Waals surface area (Å²) in [6.07, 6.45) is 2.26. The SMILES string of the molecule is CCCCC(O)([PH2]=O)[C@@H]1CN[C@H](Cc2ccccc2C(=O)O)CO1. The van der Waals surface area contributed by atoms with E-state index in [9.17, 15) is 19.6 Å². The minimum absolute atomic E-state index is 0.0289. The number of hydrogen-bond acceptors (Lipinski definition) is 5. The van der Waals surface area contributed by atoms with Gasteiger partial charge in [-0.1, -0.05) is 38.0 Å². The van der Waals surface area contributed by atoms with Gasteiger partial charge in [-0.3, -0.25) is 0 Å². The summed E-state index contributed by atoms with van der Waals surface area (Å²) >= 11 is 0. The Kier molecular flexibility index (Phi) is 6.99. The lowest BCUT2D eigenvalue weighted by Gasteiger charge is -2.38. The lowest BCUT2D eigenvalue weighted by molar-refractivity contribution is -0.0884. The predicted octanol–water partition coefficient (Wildman–Crippen LogP) is 1.92. The number of nitrogens with one attached hydrogen (secondary N) is 1. The number of aliphatic hydroxyl groups is 1. The Labute approximate surface area is 143 Å². The molecule has 6 nitrogen and oxygen atoms in total. The van der Waals surface area contributed by atoms with Crippen LogP contribution in [0.3, 0.4) is 0 Å². The molecule has 3 N–H and O–H groups in total. The van der Waals surface area contributed by atoms with Crippen molar-refractivity contribution in [1.82, 2.24) is 5.32 Å². The average Bonchev–Trinajstić information content (AvgIpc) is 2.60. The first-order valence-electron chi connectivity index (χ1n) is 8.35. The van der Waals surface area contributed by atoms with Crippen LogP contribution in [-0.2, 0) is 15.7 Å². The molecule has 1 aliphatic rings. The highest BCUT2D eigenvalue weighted by molar-refractivity contribution is 7.25. The van der Waals surface area contributed by atoms with Crippen LogP contribution in [0.5, 0.6) is 0 Å². The van der Waals surface area contributed by atoms with Crippen molar-refractivity contribution in [2.45, 2.75) is 50.1 Å². The van der Waals surface area contributed by atoms with Crippen LogP contribution in [0.2, 0.25) is 0 Å². The highest BCUT2D eigenvalue weighted by atomic mass is 31.1. The zero-order valence-electron chi connectivity index (χ0n) is 13.9. The topological polar surface area (TPSA) is 95.9 Å². The van der Waals surface area contributed by atoms with Gasteiger partial charge in [-0.15, -0.1) is 0 Å². The van der Waals surface area contributed by atoms with Crippen molar-refractivity contribution >= 4 is 14.4 Å². The number of ether oxygens (including phenoxy) is 1. The van der Waals surface area contributed by atoms with E-state index >= 15 is 0 Å². The van der Waals surface area contributed by atoms with E-state index in [4.69, 9.17) is 4.74 Å². The molecule has 2 rings (SSSR count). The first kappa shape index (κ1) is 19.1. The fraction of sp³-hybridized carbons (Fsp3) is 0.588. The molecule has 0 radical (unpaired) electrons. The van der Waals surface area contributed by atoms with Crippen molar-refractivity contribution in [3.8, 4) is 0 Å². The molecule has 134 valence electrons. The van der Waals surface area contributed by atoms with Gasteiger partial charge >= 0.3 is 5.97 Å². The van der Waals surface area contributed by atoms with Crippen LogP contribution >= 0.6 is 8.46 Å². The summed E-state index contributed by atoms with van der Waals surface area (Å²) in [5, 5.41) is 21.8. The quantitative estimate of drug-likeness (QED) is 0.617. The van der Waals surface area contributed by atoms with Gasteiger partial charge in [0.25, 0.3) is 0 Å². The van der Waals surface area contributed by atoms with Crippen LogP contribution in [0.15, 0.2) is 24.3 Å². The molecular formula is C17H26NO5P. The fourth-order valence-corrected chi connectivity index (χ4v) is 3.69. The average molecular weight is 355 g/mol. The van der Waals surface area contributed by atoms with Crippen molar-refractivity contribution in [3.63, 3.8) is 0 Å². The van der Waals surface area contributed by atoms with Gasteiger partial charge in [-0.2, -0.15) is 0 Å². The number of morpholine rings is 1. The summed E-state index contributed by atoms with van der Waals surface area (Å²) in [5.41, 5.74) is 1.05. The molecule has 0 amide bonds. The Morgan fingerprint density at radius 1 is 1.46 bits per heavy atom. The maximum Gasteiger partial charge on any atom is 0.335 e. The monoisotopic (exact) mass is 355 g/mol. The lowest BCUT2D eigenvalue weighted by Crippen LogP contribution is -2.55. The smallest absolute Gasteiger partial charge is 0.335 e. The third-order valence-corrected chi connectivity index (χ3v) is 5.57. The summed E-state index contributed by atoms with van der Waals surface area (Å²) in [6, 6.07) is 6.89. The highest BCUT2D eigenvalue weighted by Gasteiger charge is 2.39. The van der Waals surface area contributed by atoms with Gasteiger partial charge in [0.15, 0.2) is 0 Å². The Balaban J connectivity index is 1.96. The Bertz CT molecular complexity index is 574. The summed E-state index contributed by atoms with van der Waals surface area (Å²) in [6.45, 7) is 2.79. The minimum Gasteiger partial charge on any atom is -0.478 e. The van der Waals surface area contributed by atoms with Crippen molar-refractivity contribution in [2.24, 2.45) is 0 Å². The number of rotatable bonds is 8. The molecule has 4 atom stereocenters. The summed E-state index contributed by atoms with van der Waals surface area (Å²) in [7, 11) is -1.35.